The molecule has 0 amide bonds. The molecule has 6 nitrogen and oxygen atoms in total. The Bertz CT molecular complexity index is 1250. The molecule has 0 aliphatic carbocycles. The van der Waals surface area contributed by atoms with Gasteiger partial charge in [0.15, 0.2) is 5.82 Å². The van der Waals surface area contributed by atoms with Gasteiger partial charge >= 0.3 is 0 Å². The van der Waals surface area contributed by atoms with Gasteiger partial charge < -0.3 is 0 Å². The molecule has 0 unspecified atom stereocenters. The largest absolute Gasteiger partial charge is 0.243 e. The fourth-order valence-corrected chi connectivity index (χ4v) is 4.67. The van der Waals surface area contributed by atoms with Crippen molar-refractivity contribution in [3.05, 3.63) is 71.2 Å². The van der Waals surface area contributed by atoms with Crippen LogP contribution in [0.3, 0.4) is 0 Å². The summed E-state index contributed by atoms with van der Waals surface area (Å²) in [6.45, 7) is 0.0530. The molecule has 0 radical (unpaired) electrons. The number of sulfonamides is 1. The van der Waals surface area contributed by atoms with Crippen LogP contribution in [0.25, 0.3) is 16.3 Å². The summed E-state index contributed by atoms with van der Waals surface area (Å²) in [6.07, 6.45) is 0.313. The minimum atomic E-state index is -3.96. The topological polar surface area (TPSA) is 76.4 Å². The molecule has 0 aliphatic rings. The van der Waals surface area contributed by atoms with Crippen LogP contribution >= 0.6 is 11.3 Å². The van der Waals surface area contributed by atoms with Crippen LogP contribution in [-0.2, 0) is 16.4 Å². The Morgan fingerprint density at radius 1 is 1.04 bits per heavy atom. The summed E-state index contributed by atoms with van der Waals surface area (Å²) < 4.78 is 56.1. The van der Waals surface area contributed by atoms with E-state index < -0.39 is 26.6 Å². The van der Waals surface area contributed by atoms with E-state index >= 15 is 0 Å². The zero-order valence-corrected chi connectivity index (χ0v) is 16.0. The Labute approximate surface area is 163 Å². The Kier molecular flexibility index (Phi) is 4.92. The van der Waals surface area contributed by atoms with Crippen LogP contribution in [-0.4, -0.2) is 29.6 Å². The maximum atomic E-state index is 13.9. The zero-order chi connectivity index (χ0) is 19.7. The molecule has 2 aromatic heterocycles. The van der Waals surface area contributed by atoms with Gasteiger partial charge in [-0.1, -0.05) is 24.3 Å². The van der Waals surface area contributed by atoms with E-state index in [1.54, 1.807) is 28.1 Å². The van der Waals surface area contributed by atoms with Crippen LogP contribution in [0.5, 0.6) is 0 Å². The van der Waals surface area contributed by atoms with E-state index in [2.05, 4.69) is 14.8 Å². The first-order valence-electron chi connectivity index (χ1n) is 8.28. The number of hydrogen-bond acceptors (Lipinski definition) is 5. The zero-order valence-electron chi connectivity index (χ0n) is 14.3. The van der Waals surface area contributed by atoms with Gasteiger partial charge in [0, 0.05) is 18.3 Å². The summed E-state index contributed by atoms with van der Waals surface area (Å²) >= 11 is 1.32. The normalized spacial score (nSPS) is 11.9. The minimum absolute atomic E-state index is 0.0530. The first-order valence-corrected chi connectivity index (χ1v) is 10.6. The summed E-state index contributed by atoms with van der Waals surface area (Å²) in [5.41, 5.74) is 1.01. The fraction of sp³-hybridized carbons (Fsp3) is 0.111. The summed E-state index contributed by atoms with van der Waals surface area (Å²) in [4.78, 5) is 4.50. The maximum Gasteiger partial charge on any atom is 0.243 e. The molecule has 10 heteroatoms. The van der Waals surface area contributed by atoms with E-state index in [-0.39, 0.29) is 12.4 Å². The third kappa shape index (κ3) is 3.53. The lowest BCUT2D eigenvalue weighted by atomic mass is 10.2. The Morgan fingerprint density at radius 2 is 1.75 bits per heavy atom. The molecule has 0 fully saturated rings. The molecular weight excluding hydrogens is 406 g/mol. The second kappa shape index (κ2) is 7.38. The monoisotopic (exact) mass is 420 g/mol. The molecule has 4 aromatic rings. The number of nitrogens with one attached hydrogen (secondary N) is 1. The average Bonchev–Trinajstić information content (AvgIpc) is 3.24. The van der Waals surface area contributed by atoms with E-state index in [4.69, 9.17) is 0 Å². The van der Waals surface area contributed by atoms with Gasteiger partial charge in [-0.15, -0.1) is 16.4 Å². The molecular formula is C18H14F2N4O2S2. The molecule has 28 heavy (non-hydrogen) atoms. The molecule has 1 N–H and O–H groups in total. The van der Waals surface area contributed by atoms with E-state index in [9.17, 15) is 17.2 Å². The molecule has 2 heterocycles. The number of rotatable bonds is 6. The smallest absolute Gasteiger partial charge is 0.211 e. The number of thiazole rings is 1. The van der Waals surface area contributed by atoms with Crippen LogP contribution in [0.2, 0.25) is 0 Å². The highest BCUT2D eigenvalue weighted by atomic mass is 32.2. The highest BCUT2D eigenvalue weighted by Crippen LogP contribution is 2.23. The first kappa shape index (κ1) is 18.7. The number of nitrogens with zero attached hydrogens (tertiary/aromatic N) is 3. The summed E-state index contributed by atoms with van der Waals surface area (Å²) in [6, 6.07) is 11.4. The number of hydrogen-bond donors (Lipinski definition) is 1. The second-order valence-corrected chi connectivity index (χ2v) is 8.49. The van der Waals surface area contributed by atoms with Crippen molar-refractivity contribution in [2.45, 2.75) is 11.3 Å². The van der Waals surface area contributed by atoms with E-state index in [1.165, 1.54) is 35.6 Å². The van der Waals surface area contributed by atoms with Gasteiger partial charge in [-0.3, -0.25) is 0 Å². The van der Waals surface area contributed by atoms with Gasteiger partial charge in [-0.25, -0.2) is 26.4 Å². The van der Waals surface area contributed by atoms with Crippen molar-refractivity contribution in [3.8, 4) is 11.4 Å². The van der Waals surface area contributed by atoms with E-state index in [1.807, 2.05) is 0 Å². The molecule has 0 saturated carbocycles. The van der Waals surface area contributed by atoms with Crippen LogP contribution in [0.1, 0.15) is 5.69 Å². The number of halogens is 2. The minimum Gasteiger partial charge on any atom is -0.211 e. The predicted molar refractivity (Wildman–Crippen MR) is 102 cm³/mol. The summed E-state index contributed by atoms with van der Waals surface area (Å²) in [5.74, 6) is -0.961. The highest BCUT2D eigenvalue weighted by Gasteiger charge is 2.19. The first-order chi connectivity index (χ1) is 13.5. The molecule has 0 aliphatic heterocycles. The average molecular weight is 420 g/mol. The third-order valence-corrected chi connectivity index (χ3v) is 6.42. The van der Waals surface area contributed by atoms with Crippen molar-refractivity contribution in [1.29, 1.82) is 0 Å². The highest BCUT2D eigenvalue weighted by molar-refractivity contribution is 7.89. The van der Waals surface area contributed by atoms with Crippen molar-refractivity contribution >= 4 is 26.3 Å². The Hall–Kier alpha value is -2.69. The number of fused-ring (bicyclic) bond motifs is 1. The lowest BCUT2D eigenvalue weighted by Gasteiger charge is -2.07. The lowest BCUT2D eigenvalue weighted by molar-refractivity contribution is 0.556. The van der Waals surface area contributed by atoms with Gasteiger partial charge in [-0.2, -0.15) is 4.98 Å². The van der Waals surface area contributed by atoms with Gasteiger partial charge in [0.2, 0.25) is 15.0 Å². The molecule has 0 atom stereocenters. The van der Waals surface area contributed by atoms with Gasteiger partial charge in [-0.05, 0) is 24.3 Å². The standard InChI is InChI=1S/C18H14F2N4O2S2/c19-14-6-2-1-5-13(14)17-22-18-24(23-17)12(11-27-18)9-10-21-28(25,26)16-8-4-3-7-15(16)20/h1-8,11,21H,9-10H2. The van der Waals surface area contributed by atoms with Gasteiger partial charge in [0.05, 0.1) is 11.3 Å². The van der Waals surface area contributed by atoms with Crippen LogP contribution < -0.4 is 4.72 Å². The molecule has 0 spiro atoms. The van der Waals surface area contributed by atoms with Crippen LogP contribution in [0.15, 0.2) is 58.8 Å². The summed E-state index contributed by atoms with van der Waals surface area (Å²) in [5, 5.41) is 6.13. The SMILES string of the molecule is O=S(=O)(NCCc1csc2nc(-c3ccccc3F)nn12)c1ccccc1F. The Balaban J connectivity index is 1.52. The number of aromatic nitrogens is 3. The van der Waals surface area contributed by atoms with Crippen molar-refractivity contribution < 1.29 is 17.2 Å². The quantitative estimate of drug-likeness (QED) is 0.520. The number of benzene rings is 2. The van der Waals surface area contributed by atoms with Crippen molar-refractivity contribution in [3.63, 3.8) is 0 Å². The molecule has 144 valence electrons. The Morgan fingerprint density at radius 3 is 2.50 bits per heavy atom. The molecule has 2 aromatic carbocycles. The fourth-order valence-electron chi connectivity index (χ4n) is 2.71. The molecule has 4 rings (SSSR count). The maximum absolute atomic E-state index is 13.9. The van der Waals surface area contributed by atoms with Gasteiger partial charge in [0.1, 0.15) is 16.5 Å². The molecule has 0 bridgehead atoms. The van der Waals surface area contributed by atoms with E-state index in [0.717, 1.165) is 6.07 Å². The van der Waals surface area contributed by atoms with Crippen LogP contribution in [0, 0.1) is 11.6 Å². The van der Waals surface area contributed by atoms with Crippen LogP contribution in [0.4, 0.5) is 8.78 Å². The van der Waals surface area contributed by atoms with Crippen molar-refractivity contribution in [1.82, 2.24) is 19.3 Å². The van der Waals surface area contributed by atoms with E-state index in [0.29, 0.717) is 22.6 Å². The summed E-state index contributed by atoms with van der Waals surface area (Å²) in [7, 11) is -3.96. The van der Waals surface area contributed by atoms with Gasteiger partial charge in [0.25, 0.3) is 0 Å². The molecule has 0 saturated heterocycles. The van der Waals surface area contributed by atoms with Crippen molar-refractivity contribution in [2.75, 3.05) is 6.54 Å². The third-order valence-electron chi connectivity index (χ3n) is 4.06. The second-order valence-electron chi connectivity index (χ2n) is 5.91. The van der Waals surface area contributed by atoms with Crippen molar-refractivity contribution in [2.24, 2.45) is 0 Å². The lowest BCUT2D eigenvalue weighted by Crippen LogP contribution is -2.27. The predicted octanol–water partition coefficient (Wildman–Crippen LogP) is 3.26.